The van der Waals surface area contributed by atoms with Gasteiger partial charge in [0.1, 0.15) is 18.4 Å². The lowest BCUT2D eigenvalue weighted by atomic mass is 10.0. The number of rotatable bonds is 20. The molecule has 1 rings (SSSR count). The van der Waals surface area contributed by atoms with Crippen molar-refractivity contribution in [3.63, 3.8) is 0 Å². The Morgan fingerprint density at radius 3 is 1.95 bits per heavy atom. The fourth-order valence-electron chi connectivity index (χ4n) is 3.76. The normalized spacial score (nSPS) is 12.9. The summed E-state index contributed by atoms with van der Waals surface area (Å²) in [5.74, 6) is -1.04. The number of amides is 4. The van der Waals surface area contributed by atoms with Crippen LogP contribution in [0.3, 0.4) is 0 Å². The second-order valence-corrected chi connectivity index (χ2v) is 9.20. The van der Waals surface area contributed by atoms with Crippen LogP contribution in [0, 0.1) is 0 Å². The maximum Gasteiger partial charge on any atom is 0.315 e. The van der Waals surface area contributed by atoms with Crippen molar-refractivity contribution in [3.05, 3.63) is 35.9 Å². The average molecular weight is 548 g/mol. The van der Waals surface area contributed by atoms with E-state index in [2.05, 4.69) is 26.3 Å². The number of aldehydes is 1. The Balaban J connectivity index is 2.83. The predicted octanol–water partition coefficient (Wildman–Crippen LogP) is -0.665. The van der Waals surface area contributed by atoms with Gasteiger partial charge in [-0.3, -0.25) is 14.6 Å². The lowest BCUT2D eigenvalue weighted by Crippen LogP contribution is -2.56. The number of carbonyl (C=O) groups is 4. The summed E-state index contributed by atoms with van der Waals surface area (Å²) in [4.78, 5) is 54.2. The van der Waals surface area contributed by atoms with Gasteiger partial charge in [0.2, 0.25) is 11.8 Å². The van der Waals surface area contributed by atoms with Gasteiger partial charge in [0.05, 0.1) is 6.04 Å². The summed E-state index contributed by atoms with van der Waals surface area (Å²) in [5.41, 5.74) is 22.7. The number of guanidine groups is 1. The first-order valence-corrected chi connectivity index (χ1v) is 13.4. The number of carbonyl (C=O) groups excluding carboxylic acids is 4. The van der Waals surface area contributed by atoms with Crippen LogP contribution in [-0.4, -0.2) is 67.9 Å². The standard InChI is InChI=1S/C26H45N9O4/c27-14-6-4-12-21(23(37)33-20(18-36)11-8-16-31-25(29)30)34-24(38)22(13-5-7-15-28)35-26(39)32-17-19-9-2-1-3-10-19/h1-3,9-10,18,20-22H,4-8,11-17,27-28H2,(H,33,37)(H,34,38)(H4,29,30,31)(H2,32,35,39)/t20-,21-,22-/m0/s1. The number of benzene rings is 1. The Hall–Kier alpha value is -3.71. The third kappa shape index (κ3) is 15.3. The Bertz CT molecular complexity index is 895. The molecule has 0 bridgehead atoms. The summed E-state index contributed by atoms with van der Waals surface area (Å²) in [6, 6.07) is 6.33. The molecule has 0 fully saturated rings. The van der Waals surface area contributed by atoms with E-state index in [4.69, 9.17) is 22.9 Å². The molecule has 1 aromatic rings. The monoisotopic (exact) mass is 547 g/mol. The molecule has 0 heterocycles. The Morgan fingerprint density at radius 2 is 1.38 bits per heavy atom. The van der Waals surface area contributed by atoms with E-state index < -0.39 is 36.0 Å². The van der Waals surface area contributed by atoms with Gasteiger partial charge >= 0.3 is 6.03 Å². The molecule has 12 N–H and O–H groups in total. The van der Waals surface area contributed by atoms with Crippen LogP contribution in [0.1, 0.15) is 56.9 Å². The largest absolute Gasteiger partial charge is 0.370 e. The Labute approximate surface area is 230 Å². The van der Waals surface area contributed by atoms with Gasteiger partial charge in [0.15, 0.2) is 5.96 Å². The topological polar surface area (TPSA) is 233 Å². The number of hydrogen-bond acceptors (Lipinski definition) is 7. The van der Waals surface area contributed by atoms with Crippen molar-refractivity contribution < 1.29 is 19.2 Å². The zero-order valence-corrected chi connectivity index (χ0v) is 22.6. The van der Waals surface area contributed by atoms with Crippen molar-refractivity contribution in [3.8, 4) is 0 Å². The number of nitrogens with two attached hydrogens (primary N) is 4. The quantitative estimate of drug-likeness (QED) is 0.0450. The summed E-state index contributed by atoms with van der Waals surface area (Å²) >= 11 is 0. The lowest BCUT2D eigenvalue weighted by Gasteiger charge is -2.24. The number of aliphatic imine (C=N–C) groups is 1. The SMILES string of the molecule is NCCCC[C@H](NC(=O)NCc1ccccc1)C(=O)N[C@@H](CCCCN)C(=O)N[C@H](C=O)CCCN=C(N)N. The first-order valence-electron chi connectivity index (χ1n) is 13.4. The van der Waals surface area contributed by atoms with Gasteiger partial charge in [0.25, 0.3) is 0 Å². The molecule has 218 valence electrons. The van der Waals surface area contributed by atoms with E-state index in [1.54, 1.807) is 0 Å². The highest BCUT2D eigenvalue weighted by atomic mass is 16.2. The second-order valence-electron chi connectivity index (χ2n) is 9.20. The third-order valence-corrected chi connectivity index (χ3v) is 5.90. The van der Waals surface area contributed by atoms with E-state index in [9.17, 15) is 19.2 Å². The molecular formula is C26H45N9O4. The van der Waals surface area contributed by atoms with Crippen LogP contribution in [-0.2, 0) is 20.9 Å². The molecule has 0 aliphatic carbocycles. The number of unbranched alkanes of at least 4 members (excludes halogenated alkanes) is 2. The number of hydrogen-bond donors (Lipinski definition) is 8. The summed E-state index contributed by atoms with van der Waals surface area (Å²) in [6.07, 6.45) is 4.67. The van der Waals surface area contributed by atoms with Gasteiger partial charge in [0, 0.05) is 13.1 Å². The first-order chi connectivity index (χ1) is 18.8. The molecule has 0 spiro atoms. The predicted molar refractivity (Wildman–Crippen MR) is 151 cm³/mol. The van der Waals surface area contributed by atoms with Gasteiger partial charge in [-0.05, 0) is 70.0 Å². The molecule has 0 aliphatic rings. The zero-order valence-electron chi connectivity index (χ0n) is 22.6. The molecule has 0 aliphatic heterocycles. The molecule has 4 amide bonds. The molecule has 0 saturated heterocycles. The molecule has 3 atom stereocenters. The van der Waals surface area contributed by atoms with Crippen LogP contribution < -0.4 is 44.2 Å². The lowest BCUT2D eigenvalue weighted by molar-refractivity contribution is -0.131. The number of nitrogens with one attached hydrogen (secondary N) is 4. The molecule has 0 radical (unpaired) electrons. The van der Waals surface area contributed by atoms with Crippen LogP contribution in [0.2, 0.25) is 0 Å². The van der Waals surface area contributed by atoms with Crippen LogP contribution in [0.15, 0.2) is 35.3 Å². The van der Waals surface area contributed by atoms with Crippen molar-refractivity contribution >= 4 is 30.1 Å². The van der Waals surface area contributed by atoms with Gasteiger partial charge in [-0.2, -0.15) is 0 Å². The zero-order chi connectivity index (χ0) is 28.9. The van der Waals surface area contributed by atoms with Crippen molar-refractivity contribution in [2.24, 2.45) is 27.9 Å². The van der Waals surface area contributed by atoms with E-state index >= 15 is 0 Å². The van der Waals surface area contributed by atoms with Gasteiger partial charge in [-0.15, -0.1) is 0 Å². The highest BCUT2D eigenvalue weighted by Crippen LogP contribution is 2.07. The van der Waals surface area contributed by atoms with Crippen molar-refractivity contribution in [1.29, 1.82) is 0 Å². The van der Waals surface area contributed by atoms with E-state index in [1.807, 2.05) is 30.3 Å². The highest BCUT2D eigenvalue weighted by Gasteiger charge is 2.27. The minimum absolute atomic E-state index is 0.0484. The Morgan fingerprint density at radius 1 is 0.795 bits per heavy atom. The second kappa shape index (κ2) is 20.3. The summed E-state index contributed by atoms with van der Waals surface area (Å²) in [7, 11) is 0. The average Bonchev–Trinajstić information content (AvgIpc) is 2.92. The van der Waals surface area contributed by atoms with Crippen LogP contribution >= 0.6 is 0 Å². The van der Waals surface area contributed by atoms with Gasteiger partial charge in [-0.25, -0.2) is 4.79 Å². The highest BCUT2D eigenvalue weighted by molar-refractivity contribution is 5.92. The fourth-order valence-corrected chi connectivity index (χ4v) is 3.76. The number of nitrogens with zero attached hydrogens (tertiary/aromatic N) is 1. The van der Waals surface area contributed by atoms with E-state index in [1.165, 1.54) is 0 Å². The maximum atomic E-state index is 13.2. The maximum absolute atomic E-state index is 13.2. The molecule has 1 aromatic carbocycles. The minimum Gasteiger partial charge on any atom is -0.370 e. The van der Waals surface area contributed by atoms with Crippen LogP contribution in [0.4, 0.5) is 4.79 Å². The van der Waals surface area contributed by atoms with Crippen molar-refractivity contribution in [2.75, 3.05) is 19.6 Å². The summed E-state index contributed by atoms with van der Waals surface area (Å²) in [5, 5.41) is 10.9. The van der Waals surface area contributed by atoms with E-state index in [-0.39, 0.29) is 5.96 Å². The van der Waals surface area contributed by atoms with Crippen molar-refractivity contribution in [1.82, 2.24) is 21.3 Å². The molecule has 0 saturated carbocycles. The van der Waals surface area contributed by atoms with Gasteiger partial charge in [-0.1, -0.05) is 30.3 Å². The third-order valence-electron chi connectivity index (χ3n) is 5.90. The smallest absolute Gasteiger partial charge is 0.315 e. The Kier molecular flexibility index (Phi) is 17.3. The first kappa shape index (κ1) is 33.3. The van der Waals surface area contributed by atoms with Crippen molar-refractivity contribution in [2.45, 2.75) is 76.0 Å². The molecule has 13 heteroatoms. The molecule has 0 unspecified atom stereocenters. The van der Waals surface area contributed by atoms with E-state index in [0.29, 0.717) is 83.8 Å². The molecule has 39 heavy (non-hydrogen) atoms. The fraction of sp³-hybridized carbons (Fsp3) is 0.577. The van der Waals surface area contributed by atoms with Crippen LogP contribution in [0.5, 0.6) is 0 Å². The summed E-state index contributed by atoms with van der Waals surface area (Å²) < 4.78 is 0. The minimum atomic E-state index is -0.907. The van der Waals surface area contributed by atoms with E-state index in [0.717, 1.165) is 5.56 Å². The number of urea groups is 1. The molecule has 0 aromatic heterocycles. The molecule has 13 nitrogen and oxygen atoms in total. The van der Waals surface area contributed by atoms with Crippen LogP contribution in [0.25, 0.3) is 0 Å². The summed E-state index contributed by atoms with van der Waals surface area (Å²) in [6.45, 7) is 1.51. The van der Waals surface area contributed by atoms with Gasteiger partial charge < -0.3 is 49.0 Å². The molecular weight excluding hydrogens is 502 g/mol.